The van der Waals surface area contributed by atoms with E-state index in [4.69, 9.17) is 4.74 Å². The van der Waals surface area contributed by atoms with Crippen LogP contribution in [-0.2, 0) is 24.2 Å². The number of aliphatic imine (C=N–C) groups is 1. The number of halogens is 2. The zero-order chi connectivity index (χ0) is 19.3. The maximum absolute atomic E-state index is 14.6. The molecule has 7 heteroatoms. The monoisotopic (exact) mass is 510 g/mol. The average molecular weight is 510 g/mol. The van der Waals surface area contributed by atoms with E-state index in [-0.39, 0.29) is 29.8 Å². The van der Waals surface area contributed by atoms with E-state index < -0.39 is 0 Å². The first-order valence-electron chi connectivity index (χ1n) is 9.88. The smallest absolute Gasteiger partial charge is 0.194 e. The Morgan fingerprint density at radius 3 is 2.59 bits per heavy atom. The van der Waals surface area contributed by atoms with Gasteiger partial charge >= 0.3 is 0 Å². The number of rotatable bonds is 3. The summed E-state index contributed by atoms with van der Waals surface area (Å²) in [5.41, 5.74) is 4.32. The van der Waals surface area contributed by atoms with Gasteiger partial charge in [0.1, 0.15) is 5.82 Å². The molecule has 5 nitrogen and oxygen atoms in total. The largest absolute Gasteiger partial charge is 0.378 e. The first-order chi connectivity index (χ1) is 13.7. The van der Waals surface area contributed by atoms with Crippen molar-refractivity contribution in [2.75, 3.05) is 44.8 Å². The molecule has 0 spiro atoms. The van der Waals surface area contributed by atoms with Gasteiger partial charge in [-0.3, -0.25) is 4.99 Å². The molecule has 156 valence electrons. The lowest BCUT2D eigenvalue weighted by Gasteiger charge is -2.32. The standard InChI is InChI=1S/C22H27FN4O.HI/c1-24-22(27-9-8-18-4-2-3-5-19(18)16-27)25-15-17-6-7-21(20(23)14-17)26-10-12-28-13-11-26;/h2-7,14H,8-13,15-16H2,1H3,(H,24,25);1H. The Morgan fingerprint density at radius 1 is 1.10 bits per heavy atom. The van der Waals surface area contributed by atoms with Crippen molar-refractivity contribution < 1.29 is 9.13 Å². The SMILES string of the molecule is CN=C(NCc1ccc(N2CCOCC2)c(F)c1)N1CCc2ccccc2C1.I. The van der Waals surface area contributed by atoms with E-state index in [9.17, 15) is 4.39 Å². The van der Waals surface area contributed by atoms with Crippen molar-refractivity contribution >= 4 is 35.6 Å². The number of benzene rings is 2. The van der Waals surface area contributed by atoms with Crippen LogP contribution in [-0.4, -0.2) is 50.8 Å². The molecule has 0 atom stereocenters. The number of ether oxygens (including phenoxy) is 1. The maximum atomic E-state index is 14.6. The first kappa shape index (κ1) is 21.8. The lowest BCUT2D eigenvalue weighted by atomic mass is 10.0. The van der Waals surface area contributed by atoms with Gasteiger partial charge in [0.15, 0.2) is 5.96 Å². The number of hydrogen-bond acceptors (Lipinski definition) is 3. The third-order valence-corrected chi connectivity index (χ3v) is 5.46. The van der Waals surface area contributed by atoms with Gasteiger partial charge in [0, 0.05) is 39.8 Å². The molecular weight excluding hydrogens is 482 g/mol. The van der Waals surface area contributed by atoms with Crippen LogP contribution < -0.4 is 10.2 Å². The molecule has 29 heavy (non-hydrogen) atoms. The minimum Gasteiger partial charge on any atom is -0.378 e. The van der Waals surface area contributed by atoms with Crippen LogP contribution in [0, 0.1) is 5.82 Å². The van der Waals surface area contributed by atoms with Crippen molar-refractivity contribution in [1.29, 1.82) is 0 Å². The highest BCUT2D eigenvalue weighted by Crippen LogP contribution is 2.22. The van der Waals surface area contributed by atoms with Gasteiger partial charge in [-0.25, -0.2) is 4.39 Å². The third-order valence-electron chi connectivity index (χ3n) is 5.46. The summed E-state index contributed by atoms with van der Waals surface area (Å²) in [6.07, 6.45) is 1.01. The van der Waals surface area contributed by atoms with Crippen LogP contribution in [0.25, 0.3) is 0 Å². The molecule has 0 unspecified atom stereocenters. The summed E-state index contributed by atoms with van der Waals surface area (Å²) in [5.74, 6) is 0.676. The quantitative estimate of drug-likeness (QED) is 0.391. The second kappa shape index (κ2) is 10.2. The Balaban J connectivity index is 0.00000240. The molecule has 2 aromatic rings. The maximum Gasteiger partial charge on any atom is 0.194 e. The lowest BCUT2D eigenvalue weighted by molar-refractivity contribution is 0.122. The summed E-state index contributed by atoms with van der Waals surface area (Å²) < 4.78 is 20.0. The average Bonchev–Trinajstić information content (AvgIpc) is 2.75. The van der Waals surface area contributed by atoms with Crippen LogP contribution in [0.3, 0.4) is 0 Å². The van der Waals surface area contributed by atoms with Crippen LogP contribution in [0.15, 0.2) is 47.5 Å². The van der Waals surface area contributed by atoms with Crippen molar-refractivity contribution in [3.63, 3.8) is 0 Å². The van der Waals surface area contributed by atoms with E-state index in [2.05, 4.69) is 39.5 Å². The van der Waals surface area contributed by atoms with Gasteiger partial charge in [0.2, 0.25) is 0 Å². The van der Waals surface area contributed by atoms with Gasteiger partial charge in [-0.1, -0.05) is 30.3 Å². The summed E-state index contributed by atoms with van der Waals surface area (Å²) in [5, 5.41) is 3.39. The van der Waals surface area contributed by atoms with Crippen LogP contribution in [0.1, 0.15) is 16.7 Å². The van der Waals surface area contributed by atoms with Crippen LogP contribution >= 0.6 is 24.0 Å². The molecule has 0 bridgehead atoms. The van der Waals surface area contributed by atoms with Gasteiger partial charge < -0.3 is 19.9 Å². The Labute approximate surface area is 189 Å². The van der Waals surface area contributed by atoms with Crippen LogP contribution in [0.5, 0.6) is 0 Å². The number of hydrogen-bond donors (Lipinski definition) is 1. The Hall–Kier alpha value is -1.87. The highest BCUT2D eigenvalue weighted by Gasteiger charge is 2.19. The van der Waals surface area contributed by atoms with Gasteiger partial charge in [0.05, 0.1) is 18.9 Å². The van der Waals surface area contributed by atoms with Crippen molar-refractivity contribution in [1.82, 2.24) is 10.2 Å². The first-order valence-corrected chi connectivity index (χ1v) is 9.88. The second-order valence-corrected chi connectivity index (χ2v) is 7.23. The van der Waals surface area contributed by atoms with Crippen molar-refractivity contribution in [2.24, 2.45) is 4.99 Å². The van der Waals surface area contributed by atoms with Crippen molar-refractivity contribution in [3.8, 4) is 0 Å². The molecule has 0 aromatic heterocycles. The number of anilines is 1. The normalized spacial score (nSPS) is 16.8. The van der Waals surface area contributed by atoms with E-state index >= 15 is 0 Å². The molecule has 4 rings (SSSR count). The zero-order valence-electron chi connectivity index (χ0n) is 16.7. The van der Waals surface area contributed by atoms with E-state index in [1.54, 1.807) is 13.1 Å². The van der Waals surface area contributed by atoms with Crippen LogP contribution in [0.2, 0.25) is 0 Å². The fourth-order valence-corrected chi connectivity index (χ4v) is 3.91. The Morgan fingerprint density at radius 2 is 1.86 bits per heavy atom. The van der Waals surface area contributed by atoms with E-state index in [1.807, 2.05) is 17.0 Å². The highest BCUT2D eigenvalue weighted by molar-refractivity contribution is 14.0. The van der Waals surface area contributed by atoms with Crippen LogP contribution in [0.4, 0.5) is 10.1 Å². The Bertz CT molecular complexity index is 854. The van der Waals surface area contributed by atoms with Gasteiger partial charge in [-0.05, 0) is 35.2 Å². The molecular formula is C22H28FIN4O. The molecule has 0 amide bonds. The summed E-state index contributed by atoms with van der Waals surface area (Å²) in [6, 6.07) is 14.0. The van der Waals surface area contributed by atoms with Gasteiger partial charge in [-0.15, -0.1) is 24.0 Å². The zero-order valence-corrected chi connectivity index (χ0v) is 19.1. The summed E-state index contributed by atoms with van der Waals surface area (Å²) in [7, 11) is 1.80. The summed E-state index contributed by atoms with van der Waals surface area (Å²) >= 11 is 0. The van der Waals surface area contributed by atoms with E-state index in [0.29, 0.717) is 25.4 Å². The molecule has 2 heterocycles. The topological polar surface area (TPSA) is 40.1 Å². The van der Waals surface area contributed by atoms with Crippen molar-refractivity contribution in [3.05, 3.63) is 65.0 Å². The molecule has 1 fully saturated rings. The highest BCUT2D eigenvalue weighted by atomic mass is 127. The summed E-state index contributed by atoms with van der Waals surface area (Å²) in [6.45, 7) is 5.09. The fraction of sp³-hybridized carbons (Fsp3) is 0.409. The third kappa shape index (κ3) is 5.19. The Kier molecular flexibility index (Phi) is 7.71. The molecule has 1 saturated heterocycles. The number of guanidine groups is 1. The predicted molar refractivity (Wildman–Crippen MR) is 126 cm³/mol. The molecule has 2 aliphatic heterocycles. The fourth-order valence-electron chi connectivity index (χ4n) is 3.91. The molecule has 0 radical (unpaired) electrons. The number of morpholine rings is 1. The predicted octanol–water partition coefficient (Wildman–Crippen LogP) is 3.41. The number of nitrogens with one attached hydrogen (secondary N) is 1. The molecule has 1 N–H and O–H groups in total. The lowest BCUT2D eigenvalue weighted by Crippen LogP contribution is -2.43. The minimum absolute atomic E-state index is 0. The summed E-state index contributed by atoms with van der Waals surface area (Å²) in [4.78, 5) is 8.72. The second-order valence-electron chi connectivity index (χ2n) is 7.23. The van der Waals surface area contributed by atoms with E-state index in [0.717, 1.165) is 44.1 Å². The molecule has 0 aliphatic carbocycles. The molecule has 2 aliphatic rings. The molecule has 2 aromatic carbocycles. The van der Waals surface area contributed by atoms with E-state index in [1.165, 1.54) is 11.1 Å². The van der Waals surface area contributed by atoms with Crippen molar-refractivity contribution in [2.45, 2.75) is 19.5 Å². The molecule has 0 saturated carbocycles. The number of nitrogens with zero attached hydrogens (tertiary/aromatic N) is 3. The van der Waals surface area contributed by atoms with Gasteiger partial charge in [0.25, 0.3) is 0 Å². The minimum atomic E-state index is -0.178. The number of fused-ring (bicyclic) bond motifs is 1. The van der Waals surface area contributed by atoms with Gasteiger partial charge in [-0.2, -0.15) is 0 Å².